The Morgan fingerprint density at radius 3 is 2.28 bits per heavy atom. The van der Waals surface area contributed by atoms with Gasteiger partial charge in [-0.25, -0.2) is 0 Å². The largest absolute Gasteiger partial charge is 0.382 e. The summed E-state index contributed by atoms with van der Waals surface area (Å²) in [6.07, 6.45) is 3.97. The fourth-order valence-corrected chi connectivity index (χ4v) is 4.74. The lowest BCUT2D eigenvalue weighted by Crippen LogP contribution is -2.43. The second-order valence-corrected chi connectivity index (χ2v) is 9.92. The molecule has 3 rings (SSSR count). The second kappa shape index (κ2) is 15.2. The first-order chi connectivity index (χ1) is 17.6. The van der Waals surface area contributed by atoms with Crippen LogP contribution < -0.4 is 0 Å². The van der Waals surface area contributed by atoms with E-state index in [1.165, 1.54) is 5.56 Å². The van der Waals surface area contributed by atoms with E-state index in [9.17, 15) is 9.59 Å². The van der Waals surface area contributed by atoms with Gasteiger partial charge in [-0.05, 0) is 60.9 Å². The maximum atomic E-state index is 13.6. The van der Waals surface area contributed by atoms with Gasteiger partial charge in [0, 0.05) is 36.7 Å². The number of benzene rings is 2. The van der Waals surface area contributed by atoms with Crippen LogP contribution in [0.25, 0.3) is 0 Å². The molecule has 0 N–H and O–H groups in total. The van der Waals surface area contributed by atoms with E-state index in [1.807, 2.05) is 83.9 Å². The molecule has 0 aliphatic carbocycles. The van der Waals surface area contributed by atoms with Crippen LogP contribution in [0, 0.1) is 0 Å². The molecule has 6 heteroatoms. The minimum Gasteiger partial charge on any atom is -0.382 e. The number of carbonyl (C=O) groups excluding carboxylic acids is 2. The van der Waals surface area contributed by atoms with Crippen molar-refractivity contribution in [1.82, 2.24) is 9.80 Å². The van der Waals surface area contributed by atoms with E-state index in [4.69, 9.17) is 4.74 Å². The van der Waals surface area contributed by atoms with Crippen LogP contribution in [-0.2, 0) is 29.0 Å². The number of thiophene rings is 1. The summed E-state index contributed by atoms with van der Waals surface area (Å²) in [7, 11) is 0. The molecule has 0 unspecified atom stereocenters. The molecule has 5 nitrogen and oxygen atoms in total. The van der Waals surface area contributed by atoms with Crippen molar-refractivity contribution >= 4 is 23.2 Å². The number of unbranched alkanes of at least 4 members (excludes halogenated alkanes) is 1. The van der Waals surface area contributed by atoms with Crippen molar-refractivity contribution in [2.24, 2.45) is 0 Å². The molecule has 0 aliphatic rings. The van der Waals surface area contributed by atoms with E-state index >= 15 is 0 Å². The van der Waals surface area contributed by atoms with Crippen molar-refractivity contribution in [2.75, 3.05) is 26.3 Å². The fraction of sp³-hybridized carbons (Fsp3) is 0.400. The minimum absolute atomic E-state index is 0.0424. The van der Waals surface area contributed by atoms with Crippen molar-refractivity contribution in [3.05, 3.63) is 93.7 Å². The van der Waals surface area contributed by atoms with E-state index in [-0.39, 0.29) is 18.4 Å². The summed E-state index contributed by atoms with van der Waals surface area (Å²) in [5, 5.41) is 2.02. The molecule has 2 amide bonds. The fourth-order valence-electron chi connectivity index (χ4n) is 4.02. The molecule has 0 fully saturated rings. The standard InChI is InChI=1S/C30H38N2O3S/c1-3-5-11-25-15-17-27(18-16-25)30(34)31(19-10-20-35-4-2)24-29(33)32(23-28-14-9-21-36-28)22-26-12-7-6-8-13-26/h6-9,12-18,21H,3-5,10-11,19-20,22-24H2,1-2H3. The molecule has 0 atom stereocenters. The summed E-state index contributed by atoms with van der Waals surface area (Å²) in [6, 6.07) is 21.9. The van der Waals surface area contributed by atoms with Gasteiger partial charge in [-0.3, -0.25) is 9.59 Å². The van der Waals surface area contributed by atoms with Gasteiger partial charge in [-0.2, -0.15) is 0 Å². The maximum absolute atomic E-state index is 13.6. The number of aryl methyl sites for hydroxylation is 1. The van der Waals surface area contributed by atoms with Gasteiger partial charge in [0.1, 0.15) is 6.54 Å². The Morgan fingerprint density at radius 1 is 0.833 bits per heavy atom. The average molecular weight is 507 g/mol. The third-order valence-corrected chi connectivity index (χ3v) is 6.91. The molecule has 0 aliphatic heterocycles. The topological polar surface area (TPSA) is 49.9 Å². The van der Waals surface area contributed by atoms with Crippen LogP contribution in [-0.4, -0.2) is 47.9 Å². The zero-order valence-electron chi connectivity index (χ0n) is 21.5. The highest BCUT2D eigenvalue weighted by Crippen LogP contribution is 2.16. The molecular weight excluding hydrogens is 468 g/mol. The van der Waals surface area contributed by atoms with Crippen molar-refractivity contribution in [1.29, 1.82) is 0 Å². The summed E-state index contributed by atoms with van der Waals surface area (Å²) in [6.45, 7) is 6.88. The first-order valence-electron chi connectivity index (χ1n) is 12.9. The Morgan fingerprint density at radius 2 is 1.61 bits per heavy atom. The zero-order chi connectivity index (χ0) is 25.6. The number of hydrogen-bond donors (Lipinski definition) is 0. The van der Waals surface area contributed by atoms with E-state index in [1.54, 1.807) is 16.2 Å². The van der Waals surface area contributed by atoms with Crippen LogP contribution in [0.3, 0.4) is 0 Å². The van der Waals surface area contributed by atoms with E-state index in [0.29, 0.717) is 44.8 Å². The summed E-state index contributed by atoms with van der Waals surface area (Å²) >= 11 is 1.64. The van der Waals surface area contributed by atoms with Crippen LogP contribution >= 0.6 is 11.3 Å². The summed E-state index contributed by atoms with van der Waals surface area (Å²) in [4.78, 5) is 31.7. The predicted octanol–water partition coefficient (Wildman–Crippen LogP) is 6.19. The Bertz CT molecular complexity index is 1040. The summed E-state index contributed by atoms with van der Waals surface area (Å²) in [5.41, 5.74) is 2.92. The molecule has 2 aromatic carbocycles. The van der Waals surface area contributed by atoms with Crippen molar-refractivity contribution in [3.63, 3.8) is 0 Å². The molecule has 36 heavy (non-hydrogen) atoms. The summed E-state index contributed by atoms with van der Waals surface area (Å²) in [5.74, 6) is -0.172. The van der Waals surface area contributed by atoms with E-state index in [0.717, 1.165) is 29.7 Å². The number of rotatable bonds is 15. The first kappa shape index (κ1) is 27.6. The van der Waals surface area contributed by atoms with Gasteiger partial charge in [0.2, 0.25) is 5.91 Å². The van der Waals surface area contributed by atoms with Crippen LogP contribution in [0.4, 0.5) is 0 Å². The highest BCUT2D eigenvalue weighted by molar-refractivity contribution is 7.09. The lowest BCUT2D eigenvalue weighted by molar-refractivity contribution is -0.133. The molecular formula is C30H38N2O3S. The van der Waals surface area contributed by atoms with E-state index < -0.39 is 0 Å². The normalized spacial score (nSPS) is 10.8. The molecule has 0 bridgehead atoms. The van der Waals surface area contributed by atoms with Gasteiger partial charge in [0.25, 0.3) is 5.91 Å². The van der Waals surface area contributed by atoms with Gasteiger partial charge in [-0.15, -0.1) is 11.3 Å². The van der Waals surface area contributed by atoms with E-state index in [2.05, 4.69) is 6.92 Å². The smallest absolute Gasteiger partial charge is 0.254 e. The molecule has 1 aromatic heterocycles. The van der Waals surface area contributed by atoms with Gasteiger partial charge in [-0.1, -0.05) is 61.9 Å². The molecule has 192 valence electrons. The first-order valence-corrected chi connectivity index (χ1v) is 13.8. The van der Waals surface area contributed by atoms with Crippen molar-refractivity contribution in [3.8, 4) is 0 Å². The molecule has 1 heterocycles. The maximum Gasteiger partial charge on any atom is 0.254 e. The van der Waals surface area contributed by atoms with Crippen molar-refractivity contribution in [2.45, 2.75) is 52.6 Å². The Labute approximate surface area is 219 Å². The predicted molar refractivity (Wildman–Crippen MR) is 147 cm³/mol. The number of amides is 2. The molecule has 3 aromatic rings. The molecule has 0 saturated carbocycles. The van der Waals surface area contributed by atoms with Crippen molar-refractivity contribution < 1.29 is 14.3 Å². The Kier molecular flexibility index (Phi) is 11.7. The number of carbonyl (C=O) groups is 2. The Balaban J connectivity index is 1.75. The molecule has 0 saturated heterocycles. The second-order valence-electron chi connectivity index (χ2n) is 8.89. The van der Waals surface area contributed by atoms with Crippen LogP contribution in [0.1, 0.15) is 59.5 Å². The molecule has 0 radical (unpaired) electrons. The van der Waals surface area contributed by atoms with Gasteiger partial charge in [0.15, 0.2) is 0 Å². The van der Waals surface area contributed by atoms with Gasteiger partial charge < -0.3 is 14.5 Å². The SMILES string of the molecule is CCCCc1ccc(C(=O)N(CCCOCC)CC(=O)N(Cc2ccccc2)Cc2cccs2)cc1. The minimum atomic E-state index is -0.113. The van der Waals surface area contributed by atoms with Crippen LogP contribution in [0.5, 0.6) is 0 Å². The van der Waals surface area contributed by atoms with Crippen LogP contribution in [0.2, 0.25) is 0 Å². The monoisotopic (exact) mass is 506 g/mol. The third-order valence-electron chi connectivity index (χ3n) is 6.05. The number of nitrogens with zero attached hydrogens (tertiary/aromatic N) is 2. The third kappa shape index (κ3) is 8.92. The molecule has 0 spiro atoms. The Hall–Kier alpha value is -2.96. The summed E-state index contributed by atoms with van der Waals surface area (Å²) < 4.78 is 5.49. The highest BCUT2D eigenvalue weighted by atomic mass is 32.1. The quantitative estimate of drug-likeness (QED) is 0.231. The van der Waals surface area contributed by atoms with Crippen LogP contribution in [0.15, 0.2) is 72.1 Å². The van der Waals surface area contributed by atoms with Gasteiger partial charge in [0.05, 0.1) is 6.54 Å². The zero-order valence-corrected chi connectivity index (χ0v) is 22.3. The lowest BCUT2D eigenvalue weighted by Gasteiger charge is -2.28. The number of ether oxygens (including phenoxy) is 1. The number of hydrogen-bond acceptors (Lipinski definition) is 4. The highest BCUT2D eigenvalue weighted by Gasteiger charge is 2.23. The average Bonchev–Trinajstić information content (AvgIpc) is 3.42. The van der Waals surface area contributed by atoms with Gasteiger partial charge >= 0.3 is 0 Å². The lowest BCUT2D eigenvalue weighted by atomic mass is 10.1.